The molecule has 0 radical (unpaired) electrons. The summed E-state index contributed by atoms with van der Waals surface area (Å²) >= 11 is 0. The highest BCUT2D eigenvalue weighted by Gasteiger charge is 2.56. The van der Waals surface area contributed by atoms with E-state index in [0.717, 1.165) is 12.8 Å². The van der Waals surface area contributed by atoms with Crippen molar-refractivity contribution in [2.45, 2.75) is 51.1 Å². The van der Waals surface area contributed by atoms with E-state index in [0.29, 0.717) is 19.4 Å². The van der Waals surface area contributed by atoms with Crippen molar-refractivity contribution in [3.8, 4) is 0 Å². The molecule has 1 aliphatic carbocycles. The molecule has 5 heteroatoms. The van der Waals surface area contributed by atoms with Gasteiger partial charge in [0.2, 0.25) is 11.8 Å². The first-order valence-corrected chi connectivity index (χ1v) is 6.74. The molecule has 0 aromatic carbocycles. The zero-order valence-corrected chi connectivity index (χ0v) is 11.0. The predicted molar refractivity (Wildman–Crippen MR) is 65.7 cm³/mol. The number of carbonyl (C=O) groups excluding carboxylic acids is 2. The van der Waals surface area contributed by atoms with E-state index in [1.54, 1.807) is 4.90 Å². The highest BCUT2D eigenvalue weighted by molar-refractivity contribution is 6.00. The van der Waals surface area contributed by atoms with Crippen molar-refractivity contribution < 1.29 is 14.0 Å². The lowest BCUT2D eigenvalue weighted by Gasteiger charge is -2.46. The lowest BCUT2D eigenvalue weighted by molar-refractivity contribution is -0.158. The minimum atomic E-state index is -0.766. The lowest BCUT2D eigenvalue weighted by atomic mass is 9.87. The van der Waals surface area contributed by atoms with Crippen LogP contribution in [0.25, 0.3) is 0 Å². The Bertz CT molecular complexity index is 357. The first-order chi connectivity index (χ1) is 8.55. The fourth-order valence-corrected chi connectivity index (χ4v) is 2.79. The summed E-state index contributed by atoms with van der Waals surface area (Å²) in [5, 5.41) is 2.81. The summed E-state index contributed by atoms with van der Waals surface area (Å²) in [7, 11) is 0. The predicted octanol–water partition coefficient (Wildman–Crippen LogP) is 1.25. The van der Waals surface area contributed by atoms with Crippen molar-refractivity contribution in [3.63, 3.8) is 0 Å². The van der Waals surface area contributed by atoms with Gasteiger partial charge >= 0.3 is 0 Å². The zero-order valence-electron chi connectivity index (χ0n) is 11.0. The van der Waals surface area contributed by atoms with Crippen molar-refractivity contribution >= 4 is 11.8 Å². The average molecular weight is 256 g/mol. The summed E-state index contributed by atoms with van der Waals surface area (Å²) in [6.07, 6.45) is 2.83. The first-order valence-electron chi connectivity index (χ1n) is 6.74. The van der Waals surface area contributed by atoms with E-state index in [4.69, 9.17) is 0 Å². The summed E-state index contributed by atoms with van der Waals surface area (Å²) in [6, 6.07) is -0.441. The van der Waals surface area contributed by atoms with E-state index in [2.05, 4.69) is 5.32 Å². The van der Waals surface area contributed by atoms with Crippen LogP contribution in [0, 0.1) is 5.92 Å². The number of nitrogens with zero attached hydrogens (tertiary/aromatic N) is 1. The minimum absolute atomic E-state index is 0.0556. The highest BCUT2D eigenvalue weighted by atomic mass is 19.1. The number of amides is 2. The molecule has 2 aliphatic rings. The van der Waals surface area contributed by atoms with Crippen LogP contribution in [0.3, 0.4) is 0 Å². The van der Waals surface area contributed by atoms with Gasteiger partial charge < -0.3 is 10.2 Å². The Labute approximate surface area is 107 Å². The topological polar surface area (TPSA) is 49.4 Å². The van der Waals surface area contributed by atoms with Crippen LogP contribution in [-0.2, 0) is 9.59 Å². The molecule has 1 aliphatic heterocycles. The summed E-state index contributed by atoms with van der Waals surface area (Å²) in [4.78, 5) is 26.3. The second-order valence-electron chi connectivity index (χ2n) is 5.39. The molecule has 102 valence electrons. The van der Waals surface area contributed by atoms with Gasteiger partial charge in [0.1, 0.15) is 11.6 Å². The van der Waals surface area contributed by atoms with E-state index >= 15 is 0 Å². The van der Waals surface area contributed by atoms with Gasteiger partial charge in [-0.3, -0.25) is 14.0 Å². The summed E-state index contributed by atoms with van der Waals surface area (Å²) < 4.78 is 12.4. The molecule has 2 unspecified atom stereocenters. The van der Waals surface area contributed by atoms with E-state index in [1.165, 1.54) is 0 Å². The largest absolute Gasteiger partial charge is 0.342 e. The molecule has 1 saturated carbocycles. The minimum Gasteiger partial charge on any atom is -0.342 e. The second-order valence-corrected chi connectivity index (χ2v) is 5.39. The maximum atomic E-state index is 12.4. The maximum Gasteiger partial charge on any atom is 0.246 e. The van der Waals surface area contributed by atoms with Crippen LogP contribution >= 0.6 is 0 Å². The van der Waals surface area contributed by atoms with Gasteiger partial charge in [0, 0.05) is 6.54 Å². The third-order valence-corrected chi connectivity index (χ3v) is 4.19. The van der Waals surface area contributed by atoms with Crippen LogP contribution in [0.2, 0.25) is 0 Å². The Morgan fingerprint density at radius 2 is 2.11 bits per heavy atom. The van der Waals surface area contributed by atoms with Gasteiger partial charge in [-0.15, -0.1) is 0 Å². The Morgan fingerprint density at radius 1 is 1.44 bits per heavy atom. The molecule has 4 nitrogen and oxygen atoms in total. The first kappa shape index (κ1) is 13.3. The molecule has 2 rings (SSSR count). The highest BCUT2D eigenvalue weighted by Crippen LogP contribution is 2.44. The molecule has 2 atom stereocenters. The van der Waals surface area contributed by atoms with Crippen LogP contribution in [0.4, 0.5) is 4.39 Å². The molecule has 0 aromatic rings. The molecular formula is C13H21FN2O2. The van der Waals surface area contributed by atoms with Gasteiger partial charge in [0.15, 0.2) is 0 Å². The summed E-state index contributed by atoms with van der Waals surface area (Å²) in [5.41, 5.74) is -0.766. The number of alkyl halides is 1. The molecular weight excluding hydrogens is 235 g/mol. The smallest absolute Gasteiger partial charge is 0.246 e. The zero-order chi connectivity index (χ0) is 13.3. The van der Waals surface area contributed by atoms with Crippen molar-refractivity contribution in [2.24, 2.45) is 5.92 Å². The van der Waals surface area contributed by atoms with E-state index < -0.39 is 18.3 Å². The standard InChI is InChI=1S/C13H21FN2O2/c1-3-10-11(17)16(8-4-7-14)13(2,9-5-6-9)12(18)15-10/h9-10H,3-8H2,1-2H3,(H,15,18). The van der Waals surface area contributed by atoms with Gasteiger partial charge in [-0.25, -0.2) is 0 Å². The average Bonchev–Trinajstić information content (AvgIpc) is 3.18. The van der Waals surface area contributed by atoms with Crippen LogP contribution in [-0.4, -0.2) is 41.5 Å². The van der Waals surface area contributed by atoms with Crippen LogP contribution < -0.4 is 5.32 Å². The molecule has 2 amide bonds. The second kappa shape index (κ2) is 4.86. The summed E-state index contributed by atoms with van der Waals surface area (Å²) in [6.45, 7) is 3.58. The molecule has 1 saturated heterocycles. The fraction of sp³-hybridized carbons (Fsp3) is 0.846. The van der Waals surface area contributed by atoms with E-state index in [-0.39, 0.29) is 17.7 Å². The SMILES string of the molecule is CCC1NC(=O)C(C)(C2CC2)N(CCCF)C1=O. The Hall–Kier alpha value is -1.13. The number of rotatable bonds is 5. The van der Waals surface area contributed by atoms with Crippen molar-refractivity contribution in [3.05, 3.63) is 0 Å². The monoisotopic (exact) mass is 256 g/mol. The van der Waals surface area contributed by atoms with Crippen molar-refractivity contribution in [1.29, 1.82) is 0 Å². The number of carbonyl (C=O) groups is 2. The Balaban J connectivity index is 2.24. The van der Waals surface area contributed by atoms with Crippen LogP contribution in [0.15, 0.2) is 0 Å². The van der Waals surface area contributed by atoms with Gasteiger partial charge in [0.05, 0.1) is 6.67 Å². The Morgan fingerprint density at radius 3 is 2.61 bits per heavy atom. The van der Waals surface area contributed by atoms with Gasteiger partial charge in [-0.1, -0.05) is 6.92 Å². The number of hydrogen-bond acceptors (Lipinski definition) is 2. The lowest BCUT2D eigenvalue weighted by Crippen LogP contribution is -2.70. The van der Waals surface area contributed by atoms with Crippen molar-refractivity contribution in [1.82, 2.24) is 10.2 Å². The fourth-order valence-electron chi connectivity index (χ4n) is 2.79. The van der Waals surface area contributed by atoms with Gasteiger partial charge in [0.25, 0.3) is 0 Å². The van der Waals surface area contributed by atoms with Crippen LogP contribution in [0.1, 0.15) is 39.5 Å². The van der Waals surface area contributed by atoms with Crippen LogP contribution in [0.5, 0.6) is 0 Å². The number of piperazine rings is 1. The quantitative estimate of drug-likeness (QED) is 0.805. The molecule has 0 spiro atoms. The van der Waals surface area contributed by atoms with Gasteiger partial charge in [-0.05, 0) is 38.5 Å². The summed E-state index contributed by atoms with van der Waals surface area (Å²) in [5.74, 6) is 0.106. The van der Waals surface area contributed by atoms with Crippen molar-refractivity contribution in [2.75, 3.05) is 13.2 Å². The molecule has 18 heavy (non-hydrogen) atoms. The number of hydrogen-bond donors (Lipinski definition) is 1. The molecule has 2 fully saturated rings. The van der Waals surface area contributed by atoms with Gasteiger partial charge in [-0.2, -0.15) is 0 Å². The van der Waals surface area contributed by atoms with E-state index in [9.17, 15) is 14.0 Å². The molecule has 1 heterocycles. The van der Waals surface area contributed by atoms with E-state index in [1.807, 2.05) is 13.8 Å². The molecule has 1 N–H and O–H groups in total. The number of halogens is 1. The Kier molecular flexibility index (Phi) is 3.59. The maximum absolute atomic E-state index is 12.4. The third kappa shape index (κ3) is 1.99. The number of nitrogens with one attached hydrogen (secondary N) is 1. The normalized spacial score (nSPS) is 32.6. The third-order valence-electron chi connectivity index (χ3n) is 4.19. The molecule has 0 bridgehead atoms. The molecule has 0 aromatic heterocycles.